The molecule has 12 heavy (non-hydrogen) atoms. The van der Waals surface area contributed by atoms with Gasteiger partial charge in [-0.05, 0) is 11.2 Å². The van der Waals surface area contributed by atoms with E-state index in [1.165, 1.54) is 0 Å². The molecule has 1 heterocycles. The number of hydrogen-bond donors (Lipinski definition) is 0. The van der Waals surface area contributed by atoms with Crippen LogP contribution in [0.2, 0.25) is 0 Å². The van der Waals surface area contributed by atoms with E-state index in [2.05, 4.69) is 4.98 Å². The number of pyridine rings is 1. The number of aromatic nitrogens is 1. The lowest BCUT2D eigenvalue weighted by atomic mass is 10.5. The zero-order chi connectivity index (χ0) is 8.81. The maximum Gasteiger partial charge on any atom is 0.155 e. The molecule has 3 nitrogen and oxygen atoms in total. The van der Waals surface area contributed by atoms with Crippen LogP contribution >= 0.6 is 0 Å². The molecule has 4 heteroatoms. The Bertz CT molecular complexity index is 218. The third-order valence-corrected chi connectivity index (χ3v) is 2.84. The molecule has 0 bridgehead atoms. The SMILES string of the molecule is [O]CCC[S+]([O-])c1ccncc1. The molecule has 1 atom stereocenters. The van der Waals surface area contributed by atoms with E-state index in [9.17, 15) is 9.66 Å². The normalized spacial score (nSPS) is 12.8. The molecule has 0 spiro atoms. The van der Waals surface area contributed by atoms with Gasteiger partial charge in [0.2, 0.25) is 0 Å². The quantitative estimate of drug-likeness (QED) is 0.656. The van der Waals surface area contributed by atoms with Gasteiger partial charge in [0.25, 0.3) is 0 Å². The summed E-state index contributed by atoms with van der Waals surface area (Å²) in [6, 6.07) is 3.42. The van der Waals surface area contributed by atoms with Gasteiger partial charge in [-0.1, -0.05) is 0 Å². The van der Waals surface area contributed by atoms with Gasteiger partial charge in [0, 0.05) is 30.9 Å². The Labute approximate surface area is 74.6 Å². The highest BCUT2D eigenvalue weighted by Crippen LogP contribution is 2.09. The molecular weight excluding hydrogens is 174 g/mol. The first-order chi connectivity index (χ1) is 5.84. The number of hydrogen-bond acceptors (Lipinski definition) is 2. The fourth-order valence-electron chi connectivity index (χ4n) is 0.798. The summed E-state index contributed by atoms with van der Waals surface area (Å²) in [6.07, 6.45) is 3.67. The van der Waals surface area contributed by atoms with Crippen LogP contribution in [0, 0.1) is 0 Å². The van der Waals surface area contributed by atoms with Crippen LogP contribution in [-0.2, 0) is 16.3 Å². The number of rotatable bonds is 4. The second-order valence-electron chi connectivity index (χ2n) is 2.29. The summed E-state index contributed by atoms with van der Waals surface area (Å²) in [5, 5.41) is 10.1. The molecule has 0 aliphatic heterocycles. The zero-order valence-electron chi connectivity index (χ0n) is 6.60. The second-order valence-corrected chi connectivity index (χ2v) is 3.86. The van der Waals surface area contributed by atoms with E-state index in [1.54, 1.807) is 24.5 Å². The first-order valence-electron chi connectivity index (χ1n) is 3.71. The van der Waals surface area contributed by atoms with Gasteiger partial charge in [-0.3, -0.25) is 4.98 Å². The lowest BCUT2D eigenvalue weighted by Gasteiger charge is -2.07. The third-order valence-electron chi connectivity index (χ3n) is 1.39. The summed E-state index contributed by atoms with van der Waals surface area (Å²) in [5.41, 5.74) is 0. The molecule has 1 unspecified atom stereocenters. The first kappa shape index (κ1) is 9.51. The van der Waals surface area contributed by atoms with Crippen molar-refractivity contribution in [3.8, 4) is 0 Å². The summed E-state index contributed by atoms with van der Waals surface area (Å²) in [6.45, 7) is -0.156. The smallest absolute Gasteiger partial charge is 0.155 e. The van der Waals surface area contributed by atoms with Crippen molar-refractivity contribution in [2.45, 2.75) is 11.3 Å². The van der Waals surface area contributed by atoms with Crippen molar-refractivity contribution >= 4 is 11.2 Å². The fourth-order valence-corrected chi connectivity index (χ4v) is 1.84. The van der Waals surface area contributed by atoms with Gasteiger partial charge in [0.15, 0.2) is 4.90 Å². The maximum atomic E-state index is 11.3. The van der Waals surface area contributed by atoms with Crippen molar-refractivity contribution in [3.63, 3.8) is 0 Å². The molecule has 0 amide bonds. The summed E-state index contributed by atoms with van der Waals surface area (Å²) in [5.74, 6) is 0.452. The van der Waals surface area contributed by atoms with Gasteiger partial charge < -0.3 is 4.55 Å². The Hall–Kier alpha value is -0.580. The molecule has 1 rings (SSSR count). The van der Waals surface area contributed by atoms with E-state index in [4.69, 9.17) is 0 Å². The molecule has 0 fully saturated rings. The average molecular weight is 184 g/mol. The molecule has 1 aromatic rings. The highest BCUT2D eigenvalue weighted by Gasteiger charge is 2.08. The first-order valence-corrected chi connectivity index (χ1v) is 5.03. The fraction of sp³-hybridized carbons (Fsp3) is 0.375. The van der Waals surface area contributed by atoms with E-state index in [-0.39, 0.29) is 6.61 Å². The molecule has 0 saturated carbocycles. The molecule has 0 aromatic carbocycles. The van der Waals surface area contributed by atoms with Crippen LogP contribution in [0.3, 0.4) is 0 Å². The molecule has 0 aliphatic carbocycles. The third kappa shape index (κ3) is 2.81. The average Bonchev–Trinajstić information content (AvgIpc) is 2.15. The van der Waals surface area contributed by atoms with E-state index in [0.29, 0.717) is 12.2 Å². The van der Waals surface area contributed by atoms with E-state index in [1.807, 2.05) is 0 Å². The van der Waals surface area contributed by atoms with Gasteiger partial charge in [-0.2, -0.15) is 0 Å². The van der Waals surface area contributed by atoms with Crippen molar-refractivity contribution in [2.24, 2.45) is 0 Å². The summed E-state index contributed by atoms with van der Waals surface area (Å²) in [4.78, 5) is 4.56. The minimum absolute atomic E-state index is 0.156. The summed E-state index contributed by atoms with van der Waals surface area (Å²) < 4.78 is 11.3. The summed E-state index contributed by atoms with van der Waals surface area (Å²) >= 11 is -1.02. The van der Waals surface area contributed by atoms with Gasteiger partial charge in [0.05, 0.1) is 6.61 Å². The van der Waals surface area contributed by atoms with Crippen LogP contribution < -0.4 is 0 Å². The molecule has 0 N–H and O–H groups in total. The van der Waals surface area contributed by atoms with Crippen molar-refractivity contribution in [3.05, 3.63) is 24.5 Å². The Morgan fingerprint density at radius 3 is 2.67 bits per heavy atom. The van der Waals surface area contributed by atoms with Crippen LogP contribution in [0.15, 0.2) is 29.4 Å². The lowest BCUT2D eigenvalue weighted by molar-refractivity contribution is 0.194. The van der Waals surface area contributed by atoms with Crippen LogP contribution in [0.1, 0.15) is 6.42 Å². The van der Waals surface area contributed by atoms with Crippen LogP contribution in [0.25, 0.3) is 0 Å². The van der Waals surface area contributed by atoms with Crippen molar-refractivity contribution < 1.29 is 9.66 Å². The topological polar surface area (TPSA) is 55.8 Å². The zero-order valence-corrected chi connectivity index (χ0v) is 7.42. The minimum atomic E-state index is -1.02. The Balaban J connectivity index is 2.48. The van der Waals surface area contributed by atoms with Gasteiger partial charge >= 0.3 is 0 Å². The van der Waals surface area contributed by atoms with Crippen LogP contribution in [0.4, 0.5) is 0 Å². The molecule has 1 aromatic heterocycles. The van der Waals surface area contributed by atoms with Crippen molar-refractivity contribution in [1.82, 2.24) is 4.98 Å². The molecule has 0 saturated heterocycles. The maximum absolute atomic E-state index is 11.3. The molecule has 65 valence electrons. The lowest BCUT2D eigenvalue weighted by Crippen LogP contribution is -2.07. The highest BCUT2D eigenvalue weighted by atomic mass is 32.2. The predicted octanol–water partition coefficient (Wildman–Crippen LogP) is 1.01. The Kier molecular flexibility index (Phi) is 4.07. The number of nitrogens with zero attached hydrogens (tertiary/aromatic N) is 1. The van der Waals surface area contributed by atoms with Gasteiger partial charge in [0.1, 0.15) is 5.75 Å². The second kappa shape index (κ2) is 5.13. The standard InChI is InChI=1S/C8H10NO2S/c10-6-1-7-12(11)8-2-4-9-5-3-8/h2-5H,1,6-7H2. The Morgan fingerprint density at radius 1 is 1.42 bits per heavy atom. The predicted molar refractivity (Wildman–Crippen MR) is 45.7 cm³/mol. The van der Waals surface area contributed by atoms with Crippen molar-refractivity contribution in [2.75, 3.05) is 12.4 Å². The largest absolute Gasteiger partial charge is 0.611 e. The van der Waals surface area contributed by atoms with Gasteiger partial charge in [-0.15, -0.1) is 0 Å². The van der Waals surface area contributed by atoms with E-state index >= 15 is 0 Å². The van der Waals surface area contributed by atoms with E-state index in [0.717, 1.165) is 4.90 Å². The van der Waals surface area contributed by atoms with Crippen molar-refractivity contribution in [1.29, 1.82) is 0 Å². The monoisotopic (exact) mass is 184 g/mol. The van der Waals surface area contributed by atoms with Crippen LogP contribution in [-0.4, -0.2) is 21.9 Å². The van der Waals surface area contributed by atoms with Gasteiger partial charge in [-0.25, -0.2) is 5.11 Å². The minimum Gasteiger partial charge on any atom is -0.611 e. The van der Waals surface area contributed by atoms with E-state index < -0.39 is 11.2 Å². The molecule has 0 aliphatic rings. The van der Waals surface area contributed by atoms with Crippen LogP contribution in [0.5, 0.6) is 0 Å². The highest BCUT2D eigenvalue weighted by molar-refractivity contribution is 7.91. The molecular formula is C8H10NO2S. The molecule has 1 radical (unpaired) electrons. The summed E-state index contributed by atoms with van der Waals surface area (Å²) in [7, 11) is 0. The Morgan fingerprint density at radius 2 is 2.08 bits per heavy atom.